The fourth-order valence-corrected chi connectivity index (χ4v) is 3.97. The van der Waals surface area contributed by atoms with Crippen LogP contribution in [0.15, 0.2) is 49.1 Å². The van der Waals surface area contributed by atoms with Gasteiger partial charge in [-0.2, -0.15) is 13.2 Å². The predicted octanol–water partition coefficient (Wildman–Crippen LogP) is 6.59. The molecule has 0 radical (unpaired) electrons. The fourth-order valence-electron chi connectivity index (χ4n) is 3.97. The Hall–Kier alpha value is -3.21. The van der Waals surface area contributed by atoms with Gasteiger partial charge in [-0.05, 0) is 73.6 Å². The fraction of sp³-hybridized carbons (Fsp3) is 0.286. The first-order valence-corrected chi connectivity index (χ1v) is 11.2. The van der Waals surface area contributed by atoms with E-state index in [2.05, 4.69) is 6.92 Å². The topological polar surface area (TPSA) is 7.76 Å². The van der Waals surface area contributed by atoms with Gasteiger partial charge >= 0.3 is 6.18 Å². The number of benzene rings is 1. The van der Waals surface area contributed by atoms with E-state index in [1.54, 1.807) is 32.1 Å². The molecule has 0 bridgehead atoms. The molecule has 172 valence electrons. The van der Waals surface area contributed by atoms with Crippen LogP contribution in [0.2, 0.25) is 0 Å². The Balaban J connectivity index is 2.07. The summed E-state index contributed by atoms with van der Waals surface area (Å²) < 4.78 is 46.7. The highest BCUT2D eigenvalue weighted by molar-refractivity contribution is 5.80. The first-order chi connectivity index (χ1) is 15.7. The van der Waals surface area contributed by atoms with Crippen molar-refractivity contribution < 1.29 is 22.3 Å². The summed E-state index contributed by atoms with van der Waals surface area (Å²) >= 11 is 0. The molecule has 0 N–H and O–H groups in total. The second-order valence-corrected chi connectivity index (χ2v) is 8.17. The molecule has 3 aromatic rings. The largest absolute Gasteiger partial charge is 0.417 e. The normalized spacial score (nSPS) is 12.2. The Morgan fingerprint density at radius 3 is 1.42 bits per heavy atom. The van der Waals surface area contributed by atoms with Crippen LogP contribution in [0.1, 0.15) is 58.4 Å². The maximum atomic E-state index is 14.2. The van der Waals surface area contributed by atoms with Gasteiger partial charge in [-0.25, -0.2) is 9.13 Å². The summed E-state index contributed by atoms with van der Waals surface area (Å²) in [6, 6.07) is 7.73. The van der Waals surface area contributed by atoms with Gasteiger partial charge in [0.15, 0.2) is 24.8 Å². The molecule has 33 heavy (non-hydrogen) atoms. The molecular weight excluding hydrogens is 421 g/mol. The van der Waals surface area contributed by atoms with Crippen LogP contribution in [0.5, 0.6) is 0 Å². The molecule has 0 saturated heterocycles. The molecule has 0 unspecified atom stereocenters. The molecule has 0 atom stereocenters. The first-order valence-electron chi connectivity index (χ1n) is 11.2. The number of rotatable bonds is 6. The standard InChI is InChI=1S/C28H31F3N2/c1-6-32-16-12-23(13-17-32)8-10-25-20(3)21(4)26(27(22(25)5)28(29,30)31)11-9-24-14-18-33(7-2)19-15-24/h8-19H,6-7H2,1-5H3/q+2/b10-8+,11-9+. The zero-order valence-electron chi connectivity index (χ0n) is 19.9. The van der Waals surface area contributed by atoms with Gasteiger partial charge in [-0.1, -0.05) is 24.3 Å². The van der Waals surface area contributed by atoms with E-state index in [-0.39, 0.29) is 11.1 Å². The van der Waals surface area contributed by atoms with Crippen LogP contribution in [0, 0.1) is 20.8 Å². The van der Waals surface area contributed by atoms with E-state index in [1.807, 2.05) is 78.1 Å². The molecule has 1 aromatic carbocycles. The summed E-state index contributed by atoms with van der Waals surface area (Å²) in [5, 5.41) is 0. The molecular formula is C28H31F3N2+2. The molecule has 2 heterocycles. The molecule has 0 fully saturated rings. The Labute approximate surface area is 194 Å². The van der Waals surface area contributed by atoms with Crippen LogP contribution in [-0.4, -0.2) is 0 Å². The average molecular weight is 453 g/mol. The number of pyridine rings is 2. The lowest BCUT2D eigenvalue weighted by atomic mass is 9.87. The Bertz CT molecular complexity index is 1170. The minimum atomic E-state index is -4.45. The quantitative estimate of drug-likeness (QED) is 0.373. The molecule has 3 rings (SSSR count). The van der Waals surface area contributed by atoms with E-state index in [0.29, 0.717) is 11.1 Å². The van der Waals surface area contributed by atoms with Crippen molar-refractivity contribution in [1.29, 1.82) is 0 Å². The highest BCUT2D eigenvalue weighted by Crippen LogP contribution is 2.40. The highest BCUT2D eigenvalue weighted by Gasteiger charge is 2.36. The van der Waals surface area contributed by atoms with E-state index in [0.717, 1.165) is 29.8 Å². The van der Waals surface area contributed by atoms with Gasteiger partial charge in [0.1, 0.15) is 13.1 Å². The number of alkyl halides is 3. The number of halogens is 3. The Kier molecular flexibility index (Phi) is 7.52. The van der Waals surface area contributed by atoms with Crippen molar-refractivity contribution in [2.24, 2.45) is 0 Å². The van der Waals surface area contributed by atoms with Gasteiger partial charge in [0.05, 0.1) is 5.56 Å². The van der Waals surface area contributed by atoms with Gasteiger partial charge in [0, 0.05) is 24.3 Å². The smallest absolute Gasteiger partial charge is 0.205 e. The summed E-state index contributed by atoms with van der Waals surface area (Å²) in [5.74, 6) is 0. The van der Waals surface area contributed by atoms with E-state index in [9.17, 15) is 13.2 Å². The number of nitrogens with zero attached hydrogens (tertiary/aromatic N) is 2. The summed E-state index contributed by atoms with van der Waals surface area (Å²) in [7, 11) is 0. The lowest BCUT2D eigenvalue weighted by Crippen LogP contribution is -2.30. The van der Waals surface area contributed by atoms with Crippen molar-refractivity contribution >= 4 is 24.3 Å². The third-order valence-corrected chi connectivity index (χ3v) is 6.15. The van der Waals surface area contributed by atoms with E-state index >= 15 is 0 Å². The lowest BCUT2D eigenvalue weighted by molar-refractivity contribution is -0.693. The maximum absolute atomic E-state index is 14.2. The van der Waals surface area contributed by atoms with Gasteiger partial charge in [-0.15, -0.1) is 0 Å². The molecule has 0 aliphatic carbocycles. The molecule has 5 heteroatoms. The van der Waals surface area contributed by atoms with Crippen molar-refractivity contribution in [2.45, 2.75) is 53.9 Å². The first kappa shape index (κ1) is 24.4. The maximum Gasteiger partial charge on any atom is 0.417 e. The van der Waals surface area contributed by atoms with Crippen LogP contribution in [0.4, 0.5) is 13.2 Å². The van der Waals surface area contributed by atoms with Crippen LogP contribution in [0.3, 0.4) is 0 Å². The molecule has 0 amide bonds. The van der Waals surface area contributed by atoms with E-state index < -0.39 is 11.7 Å². The molecule has 2 nitrogen and oxygen atoms in total. The SMILES string of the molecule is CC[n+]1ccc(/C=C/c2c(C)c(C)c(/C=C/c3cc[n+](CC)cc3)c(C(F)(F)F)c2C)cc1. The van der Waals surface area contributed by atoms with Crippen molar-refractivity contribution in [1.82, 2.24) is 0 Å². The molecule has 0 spiro atoms. The van der Waals surface area contributed by atoms with Crippen molar-refractivity contribution in [2.75, 3.05) is 0 Å². The highest BCUT2D eigenvalue weighted by atomic mass is 19.4. The van der Waals surface area contributed by atoms with E-state index in [1.165, 1.54) is 0 Å². The number of hydrogen-bond acceptors (Lipinski definition) is 0. The van der Waals surface area contributed by atoms with Crippen LogP contribution < -0.4 is 9.13 Å². The number of aromatic nitrogens is 2. The second-order valence-electron chi connectivity index (χ2n) is 8.17. The molecule has 0 saturated carbocycles. The number of hydrogen-bond donors (Lipinski definition) is 0. The Morgan fingerprint density at radius 1 is 0.636 bits per heavy atom. The third kappa shape index (κ3) is 5.59. The minimum absolute atomic E-state index is 0.227. The number of aryl methyl sites for hydroxylation is 2. The van der Waals surface area contributed by atoms with Gasteiger partial charge < -0.3 is 0 Å². The van der Waals surface area contributed by atoms with Gasteiger partial charge in [0.2, 0.25) is 0 Å². The Morgan fingerprint density at radius 2 is 1.03 bits per heavy atom. The van der Waals surface area contributed by atoms with Crippen LogP contribution >= 0.6 is 0 Å². The van der Waals surface area contributed by atoms with Crippen molar-refractivity contribution in [3.8, 4) is 0 Å². The minimum Gasteiger partial charge on any atom is -0.205 e. The van der Waals surface area contributed by atoms with Gasteiger partial charge in [0.25, 0.3) is 0 Å². The predicted molar refractivity (Wildman–Crippen MR) is 128 cm³/mol. The van der Waals surface area contributed by atoms with Crippen LogP contribution in [0.25, 0.3) is 24.3 Å². The van der Waals surface area contributed by atoms with Crippen molar-refractivity contribution in [3.05, 3.63) is 93.6 Å². The third-order valence-electron chi connectivity index (χ3n) is 6.15. The lowest BCUT2D eigenvalue weighted by Gasteiger charge is -2.21. The monoisotopic (exact) mass is 452 g/mol. The average Bonchev–Trinajstić information content (AvgIpc) is 2.80. The summed E-state index contributed by atoms with van der Waals surface area (Å²) in [4.78, 5) is 0. The zero-order valence-corrected chi connectivity index (χ0v) is 19.9. The van der Waals surface area contributed by atoms with Crippen molar-refractivity contribution in [3.63, 3.8) is 0 Å². The summed E-state index contributed by atoms with van der Waals surface area (Å²) in [5.41, 5.74) is 3.82. The zero-order chi connectivity index (χ0) is 24.2. The molecule has 0 aliphatic rings. The molecule has 0 aliphatic heterocycles. The second kappa shape index (κ2) is 10.2. The summed E-state index contributed by atoms with van der Waals surface area (Å²) in [6.07, 6.45) is 10.3. The van der Waals surface area contributed by atoms with E-state index in [4.69, 9.17) is 0 Å². The molecule has 2 aromatic heterocycles. The van der Waals surface area contributed by atoms with Crippen LogP contribution in [-0.2, 0) is 19.3 Å². The van der Waals surface area contributed by atoms with Gasteiger partial charge in [-0.3, -0.25) is 0 Å². The summed E-state index contributed by atoms with van der Waals surface area (Å²) in [6.45, 7) is 11.0.